The van der Waals surface area contributed by atoms with Gasteiger partial charge in [0.25, 0.3) is 0 Å². The number of rotatable bonds is 3. The number of carbonyl (C=O) groups is 1. The van der Waals surface area contributed by atoms with Crippen LogP contribution in [0.1, 0.15) is 25.1 Å². The lowest BCUT2D eigenvalue weighted by atomic mass is 10.1. The maximum atomic E-state index is 12.8. The van der Waals surface area contributed by atoms with Crippen molar-refractivity contribution >= 4 is 34.7 Å². The van der Waals surface area contributed by atoms with Crippen molar-refractivity contribution < 1.29 is 4.79 Å². The van der Waals surface area contributed by atoms with Gasteiger partial charge in [-0.25, -0.2) is 4.98 Å². The molecule has 3 rings (SSSR count). The van der Waals surface area contributed by atoms with Gasteiger partial charge in [0, 0.05) is 22.8 Å². The zero-order valence-corrected chi connectivity index (χ0v) is 14.0. The number of aromatic nitrogens is 1. The Kier molecular flexibility index (Phi) is 4.04. The highest BCUT2D eigenvalue weighted by atomic mass is 32.2. The van der Waals surface area contributed by atoms with Crippen molar-refractivity contribution in [3.63, 3.8) is 0 Å². The van der Waals surface area contributed by atoms with Crippen molar-refractivity contribution in [2.75, 3.05) is 4.90 Å². The van der Waals surface area contributed by atoms with Crippen LogP contribution in [0, 0.1) is 6.92 Å². The molecule has 0 bridgehead atoms. The van der Waals surface area contributed by atoms with Crippen LogP contribution in [0.3, 0.4) is 0 Å². The molecule has 2 atom stereocenters. The summed E-state index contributed by atoms with van der Waals surface area (Å²) in [5.74, 6) is 0.172. The first-order chi connectivity index (χ1) is 10.1. The highest BCUT2D eigenvalue weighted by molar-refractivity contribution is 8.02. The van der Waals surface area contributed by atoms with Gasteiger partial charge in [0.05, 0.1) is 5.25 Å². The Hall–Kier alpha value is -1.33. The number of hydrogen-bond acceptors (Lipinski definition) is 4. The molecule has 1 amide bonds. The van der Waals surface area contributed by atoms with E-state index in [-0.39, 0.29) is 17.2 Å². The Morgan fingerprint density at radius 2 is 2.24 bits per heavy atom. The summed E-state index contributed by atoms with van der Waals surface area (Å²) in [6.45, 7) is 6.06. The standard InChI is InChI=1S/C16H18N2OS2/c1-10-9-20-16(17-10)21-12(3)15(19)18-11(2)8-13-6-4-5-7-14(13)18/h4-7,9,11-12H,8H2,1-3H3. The predicted molar refractivity (Wildman–Crippen MR) is 89.3 cm³/mol. The maximum Gasteiger partial charge on any atom is 0.240 e. The second kappa shape index (κ2) is 5.81. The number of hydrogen-bond donors (Lipinski definition) is 0. The molecule has 2 aromatic rings. The first kappa shape index (κ1) is 14.6. The van der Waals surface area contributed by atoms with Gasteiger partial charge in [-0.3, -0.25) is 4.79 Å². The van der Waals surface area contributed by atoms with E-state index in [2.05, 4.69) is 18.0 Å². The van der Waals surface area contributed by atoms with E-state index < -0.39 is 0 Å². The number of carbonyl (C=O) groups excluding carboxylic acids is 1. The maximum absolute atomic E-state index is 12.8. The largest absolute Gasteiger partial charge is 0.308 e. The summed E-state index contributed by atoms with van der Waals surface area (Å²) in [6.07, 6.45) is 0.940. The fourth-order valence-corrected chi connectivity index (χ4v) is 4.72. The molecule has 2 unspecified atom stereocenters. The number of para-hydroxylation sites is 1. The van der Waals surface area contributed by atoms with Gasteiger partial charge >= 0.3 is 0 Å². The summed E-state index contributed by atoms with van der Waals surface area (Å²) in [5, 5.41) is 1.90. The smallest absolute Gasteiger partial charge is 0.240 e. The van der Waals surface area contributed by atoms with Gasteiger partial charge in [0.15, 0.2) is 4.34 Å². The van der Waals surface area contributed by atoms with Crippen LogP contribution in [0.15, 0.2) is 34.0 Å². The molecule has 0 spiro atoms. The van der Waals surface area contributed by atoms with Crippen LogP contribution >= 0.6 is 23.1 Å². The molecule has 2 heterocycles. The number of anilines is 1. The molecule has 0 fully saturated rings. The minimum absolute atomic E-state index is 0.121. The van der Waals surface area contributed by atoms with Crippen LogP contribution in [0.25, 0.3) is 0 Å². The van der Waals surface area contributed by atoms with Crippen molar-refractivity contribution in [3.05, 3.63) is 40.9 Å². The van der Waals surface area contributed by atoms with E-state index in [4.69, 9.17) is 0 Å². The van der Waals surface area contributed by atoms with E-state index >= 15 is 0 Å². The molecular weight excluding hydrogens is 300 g/mol. The van der Waals surface area contributed by atoms with Crippen LogP contribution < -0.4 is 4.90 Å². The zero-order chi connectivity index (χ0) is 15.0. The Bertz CT molecular complexity index is 668. The van der Waals surface area contributed by atoms with Gasteiger partial charge in [0.2, 0.25) is 5.91 Å². The topological polar surface area (TPSA) is 33.2 Å². The van der Waals surface area contributed by atoms with Crippen LogP contribution in [0.4, 0.5) is 5.69 Å². The van der Waals surface area contributed by atoms with E-state index in [1.807, 2.05) is 42.3 Å². The van der Waals surface area contributed by atoms with Crippen molar-refractivity contribution in [1.29, 1.82) is 0 Å². The molecule has 0 N–H and O–H groups in total. The van der Waals surface area contributed by atoms with Crippen molar-refractivity contribution in [2.24, 2.45) is 0 Å². The lowest BCUT2D eigenvalue weighted by Gasteiger charge is -2.25. The third kappa shape index (κ3) is 2.85. The van der Waals surface area contributed by atoms with E-state index in [0.717, 1.165) is 22.1 Å². The van der Waals surface area contributed by atoms with Gasteiger partial charge in [-0.15, -0.1) is 11.3 Å². The van der Waals surface area contributed by atoms with Crippen molar-refractivity contribution in [2.45, 2.75) is 42.8 Å². The molecule has 5 heteroatoms. The molecule has 1 aliphatic heterocycles. The third-order valence-electron chi connectivity index (χ3n) is 3.67. The number of thioether (sulfide) groups is 1. The van der Waals surface area contributed by atoms with Crippen LogP contribution in [0.2, 0.25) is 0 Å². The predicted octanol–water partition coefficient (Wildman–Crippen LogP) is 3.91. The number of aryl methyl sites for hydroxylation is 1. The number of fused-ring (bicyclic) bond motifs is 1. The van der Waals surface area contributed by atoms with E-state index in [1.54, 1.807) is 23.1 Å². The molecule has 1 aromatic carbocycles. The Labute approximate surface area is 133 Å². The molecule has 110 valence electrons. The highest BCUT2D eigenvalue weighted by Gasteiger charge is 2.33. The molecule has 3 nitrogen and oxygen atoms in total. The summed E-state index contributed by atoms with van der Waals surface area (Å²) in [7, 11) is 0. The van der Waals surface area contributed by atoms with Crippen LogP contribution in [-0.4, -0.2) is 22.2 Å². The van der Waals surface area contributed by atoms with Crippen LogP contribution in [-0.2, 0) is 11.2 Å². The third-order valence-corrected chi connectivity index (χ3v) is 5.85. The van der Waals surface area contributed by atoms with Gasteiger partial charge < -0.3 is 4.90 Å². The first-order valence-electron chi connectivity index (χ1n) is 7.06. The van der Waals surface area contributed by atoms with Gasteiger partial charge in [0.1, 0.15) is 0 Å². The monoisotopic (exact) mass is 318 g/mol. The average Bonchev–Trinajstić information content (AvgIpc) is 3.00. The summed E-state index contributed by atoms with van der Waals surface area (Å²) < 4.78 is 0.966. The Morgan fingerprint density at radius 1 is 1.48 bits per heavy atom. The zero-order valence-electron chi connectivity index (χ0n) is 12.4. The SMILES string of the molecule is Cc1csc(SC(C)C(=O)N2c3ccccc3CC2C)n1. The summed E-state index contributed by atoms with van der Waals surface area (Å²) in [5.41, 5.74) is 3.35. The quantitative estimate of drug-likeness (QED) is 0.805. The van der Waals surface area contributed by atoms with E-state index in [9.17, 15) is 4.79 Å². The lowest BCUT2D eigenvalue weighted by molar-refractivity contribution is -0.118. The van der Waals surface area contributed by atoms with Gasteiger partial charge in [-0.2, -0.15) is 0 Å². The average molecular weight is 318 g/mol. The Balaban J connectivity index is 1.78. The second-order valence-electron chi connectivity index (χ2n) is 5.40. The van der Waals surface area contributed by atoms with Gasteiger partial charge in [-0.1, -0.05) is 30.0 Å². The minimum atomic E-state index is -0.121. The number of nitrogens with zero attached hydrogens (tertiary/aromatic N) is 2. The van der Waals surface area contributed by atoms with E-state index in [1.165, 1.54) is 5.56 Å². The molecule has 21 heavy (non-hydrogen) atoms. The van der Waals surface area contributed by atoms with Crippen LogP contribution in [0.5, 0.6) is 0 Å². The second-order valence-corrected chi connectivity index (χ2v) is 7.85. The van der Waals surface area contributed by atoms with Crippen molar-refractivity contribution in [3.8, 4) is 0 Å². The highest BCUT2D eigenvalue weighted by Crippen LogP contribution is 2.35. The fraction of sp³-hybridized carbons (Fsp3) is 0.375. The number of benzene rings is 1. The van der Waals surface area contributed by atoms with E-state index in [0.29, 0.717) is 0 Å². The summed E-state index contributed by atoms with van der Waals surface area (Å²) in [4.78, 5) is 19.2. The number of amides is 1. The molecule has 0 saturated heterocycles. The Morgan fingerprint density at radius 3 is 2.95 bits per heavy atom. The summed E-state index contributed by atoms with van der Waals surface area (Å²) in [6, 6.07) is 8.42. The molecule has 0 radical (unpaired) electrons. The molecule has 0 aliphatic carbocycles. The molecular formula is C16H18N2OS2. The molecule has 1 aliphatic rings. The normalized spacial score (nSPS) is 18.6. The van der Waals surface area contributed by atoms with Crippen molar-refractivity contribution in [1.82, 2.24) is 4.98 Å². The van der Waals surface area contributed by atoms with Gasteiger partial charge in [-0.05, 0) is 38.8 Å². The molecule has 0 saturated carbocycles. The summed E-state index contributed by atoms with van der Waals surface area (Å²) >= 11 is 3.16. The first-order valence-corrected chi connectivity index (χ1v) is 8.82. The minimum Gasteiger partial charge on any atom is -0.308 e. The lowest BCUT2D eigenvalue weighted by Crippen LogP contribution is -2.40. The fourth-order valence-electron chi connectivity index (χ4n) is 2.69. The number of thiazole rings is 1. The molecule has 1 aromatic heterocycles.